The maximum atomic E-state index is 10.7. The minimum Gasteiger partial charge on any atom is -0.741 e. The molecule has 0 aromatic heterocycles. The van der Waals surface area contributed by atoms with Gasteiger partial charge in [0, 0.05) is 0 Å². The fourth-order valence-corrected chi connectivity index (χ4v) is 0. The molecule has 0 saturated carbocycles. The quantitative estimate of drug-likeness (QED) is 0.345. The van der Waals surface area contributed by atoms with E-state index < -0.39 is 31.3 Å². The Labute approximate surface area is 101 Å². The molecule has 0 fully saturated rings. The van der Waals surface area contributed by atoms with E-state index in [4.69, 9.17) is 25.9 Å². The molecule has 0 aliphatic rings. The summed E-state index contributed by atoms with van der Waals surface area (Å²) in [7, 11) is -12.2. The van der Waals surface area contributed by atoms with Crippen LogP contribution in [0.1, 0.15) is 0 Å². The van der Waals surface area contributed by atoms with Gasteiger partial charge in [-0.1, -0.05) is 0 Å². The fourth-order valence-electron chi connectivity index (χ4n) is 0. The molecule has 15 heteroatoms. The van der Waals surface area contributed by atoms with E-state index in [1.165, 1.54) is 0 Å². The molecule has 17 heavy (non-hydrogen) atoms. The second kappa shape index (κ2) is 6.18. The molecule has 1 radical (unpaired) electrons. The number of hydrogen-bond acceptors (Lipinski definition) is 6. The zero-order valence-electron chi connectivity index (χ0n) is 6.87. The third-order valence-electron chi connectivity index (χ3n) is 0.567. The van der Waals surface area contributed by atoms with Crippen LogP contribution in [-0.2, 0) is 37.0 Å². The molecule has 107 valence electrons. The van der Waals surface area contributed by atoms with Crippen molar-refractivity contribution in [3.05, 3.63) is 0 Å². The van der Waals surface area contributed by atoms with Gasteiger partial charge in [0.15, 0.2) is 20.2 Å². The van der Waals surface area contributed by atoms with E-state index in [0.29, 0.717) is 0 Å². The van der Waals surface area contributed by atoms with Crippen molar-refractivity contribution in [3.63, 3.8) is 0 Å². The number of rotatable bonds is 0. The van der Waals surface area contributed by atoms with Crippen molar-refractivity contribution in [1.29, 1.82) is 0 Å². The third kappa shape index (κ3) is 9.59. The van der Waals surface area contributed by atoms with Crippen LogP contribution in [0.4, 0.5) is 26.3 Å². The number of alkyl halides is 6. The summed E-state index contributed by atoms with van der Waals surface area (Å²) in [5, 5.41) is 0. The van der Waals surface area contributed by atoms with E-state index >= 15 is 0 Å². The minimum atomic E-state index is -6.09. The van der Waals surface area contributed by atoms with Crippen LogP contribution < -0.4 is 0 Å². The Hall–Kier alpha value is -0.0935. The molecular formula is C2CoF6O6S2. The van der Waals surface area contributed by atoms with Crippen LogP contribution >= 0.6 is 0 Å². The zero-order chi connectivity index (χ0) is 14.0. The molecule has 0 unspecified atom stereocenters. The van der Waals surface area contributed by atoms with Gasteiger partial charge in [-0.05, 0) is 0 Å². The molecule has 0 aromatic rings. The van der Waals surface area contributed by atoms with Crippen LogP contribution in [-0.4, -0.2) is 37.0 Å². The summed E-state index contributed by atoms with van der Waals surface area (Å²) in [5.74, 6) is 0. The van der Waals surface area contributed by atoms with Crippen LogP contribution in [0.3, 0.4) is 0 Å². The van der Waals surface area contributed by atoms with Gasteiger partial charge in [-0.2, -0.15) is 26.3 Å². The van der Waals surface area contributed by atoms with Crippen molar-refractivity contribution in [2.75, 3.05) is 0 Å². The van der Waals surface area contributed by atoms with Crippen molar-refractivity contribution in [3.8, 4) is 0 Å². The molecule has 0 amide bonds. The summed E-state index contributed by atoms with van der Waals surface area (Å²) >= 11 is 0. The van der Waals surface area contributed by atoms with Crippen molar-refractivity contribution >= 4 is 20.2 Å². The number of halogens is 6. The van der Waals surface area contributed by atoms with Crippen molar-refractivity contribution in [2.45, 2.75) is 11.0 Å². The molecule has 0 heterocycles. The molecule has 0 aromatic carbocycles. The van der Waals surface area contributed by atoms with E-state index in [2.05, 4.69) is 0 Å². The van der Waals surface area contributed by atoms with Crippen LogP contribution in [0.2, 0.25) is 0 Å². The first kappa shape index (κ1) is 22.1. The maximum Gasteiger partial charge on any atom is 2.00 e. The molecule has 0 N–H and O–H groups in total. The van der Waals surface area contributed by atoms with E-state index in [1.807, 2.05) is 0 Å². The Balaban J connectivity index is -0.000000218. The summed E-state index contributed by atoms with van der Waals surface area (Å²) in [5.41, 5.74) is -11.3. The minimum absolute atomic E-state index is 0. The molecule has 0 aliphatic carbocycles. The van der Waals surface area contributed by atoms with Crippen LogP contribution in [0, 0.1) is 0 Å². The topological polar surface area (TPSA) is 114 Å². The maximum absolute atomic E-state index is 10.7. The van der Waals surface area contributed by atoms with Gasteiger partial charge in [0.2, 0.25) is 0 Å². The Morgan fingerprint density at radius 3 is 0.706 bits per heavy atom. The monoisotopic (exact) mass is 357 g/mol. The molecule has 0 rings (SSSR count). The Morgan fingerprint density at radius 1 is 0.647 bits per heavy atom. The Morgan fingerprint density at radius 2 is 0.706 bits per heavy atom. The summed E-state index contributed by atoms with van der Waals surface area (Å²) in [6.45, 7) is 0. The average Bonchev–Trinajstić information content (AvgIpc) is 1.77. The third-order valence-corrected chi connectivity index (χ3v) is 1.70. The van der Waals surface area contributed by atoms with E-state index in [-0.39, 0.29) is 16.8 Å². The predicted molar refractivity (Wildman–Crippen MR) is 31.5 cm³/mol. The van der Waals surface area contributed by atoms with Gasteiger partial charge >= 0.3 is 27.8 Å². The predicted octanol–water partition coefficient (Wildman–Crippen LogP) is 0.100. The summed E-state index contributed by atoms with van der Waals surface area (Å²) in [6, 6.07) is 0. The van der Waals surface area contributed by atoms with Crippen molar-refractivity contribution < 1.29 is 69.1 Å². The molecule has 0 spiro atoms. The molecule has 0 aliphatic heterocycles. The normalized spacial score (nSPS) is 13.2. The first-order valence-electron chi connectivity index (χ1n) is 2.54. The molecular weight excluding hydrogens is 357 g/mol. The molecule has 6 nitrogen and oxygen atoms in total. The fraction of sp³-hybridized carbons (Fsp3) is 1.00. The Kier molecular flexibility index (Phi) is 8.05. The summed E-state index contributed by atoms with van der Waals surface area (Å²) in [6.07, 6.45) is 0. The largest absolute Gasteiger partial charge is 2.00 e. The summed E-state index contributed by atoms with van der Waals surface area (Å²) < 4.78 is 118. The first-order valence-corrected chi connectivity index (χ1v) is 5.36. The van der Waals surface area contributed by atoms with Gasteiger partial charge in [0.05, 0.1) is 0 Å². The van der Waals surface area contributed by atoms with Gasteiger partial charge in [0.1, 0.15) is 0 Å². The van der Waals surface area contributed by atoms with Crippen molar-refractivity contribution in [1.82, 2.24) is 0 Å². The second-order valence-corrected chi connectivity index (χ2v) is 4.54. The van der Waals surface area contributed by atoms with Gasteiger partial charge in [-0.25, -0.2) is 16.8 Å². The standard InChI is InChI=1S/2CHF3O3S.Co/c2*2-1(3,4)8(5,6)7;/h2*(H,5,6,7);/q;;+2/p-2. The van der Waals surface area contributed by atoms with E-state index in [1.54, 1.807) is 0 Å². The van der Waals surface area contributed by atoms with Gasteiger partial charge in [-0.15, -0.1) is 0 Å². The van der Waals surface area contributed by atoms with Crippen LogP contribution in [0.25, 0.3) is 0 Å². The van der Waals surface area contributed by atoms with E-state index in [0.717, 1.165) is 0 Å². The Bertz CT molecular complexity index is 374. The second-order valence-electron chi connectivity index (χ2n) is 1.80. The van der Waals surface area contributed by atoms with Crippen LogP contribution in [0.5, 0.6) is 0 Å². The van der Waals surface area contributed by atoms with Gasteiger partial charge in [-0.3, -0.25) is 0 Å². The molecule has 0 atom stereocenters. The summed E-state index contributed by atoms with van der Waals surface area (Å²) in [4.78, 5) is 0. The van der Waals surface area contributed by atoms with E-state index in [9.17, 15) is 26.3 Å². The SMILES string of the molecule is O=S(=O)([O-])C(F)(F)F.O=S(=O)([O-])C(F)(F)F.[Co+2]. The molecule has 0 saturated heterocycles. The first-order chi connectivity index (χ1) is 6.50. The van der Waals surface area contributed by atoms with Gasteiger partial charge in [0.25, 0.3) is 0 Å². The molecule has 0 bridgehead atoms. The van der Waals surface area contributed by atoms with Crippen LogP contribution in [0.15, 0.2) is 0 Å². The zero-order valence-corrected chi connectivity index (χ0v) is 9.54. The average molecular weight is 357 g/mol. The smallest absolute Gasteiger partial charge is 0.741 e. The van der Waals surface area contributed by atoms with Crippen molar-refractivity contribution in [2.24, 2.45) is 0 Å². The van der Waals surface area contributed by atoms with Gasteiger partial charge < -0.3 is 9.11 Å². The number of hydrogen-bond donors (Lipinski definition) is 0.